The predicted octanol–water partition coefficient (Wildman–Crippen LogP) is 6.04. The zero-order valence-electron chi connectivity index (χ0n) is 14.0. The second-order valence-corrected chi connectivity index (χ2v) is 6.96. The van der Waals surface area contributed by atoms with E-state index in [9.17, 15) is 0 Å². The van der Waals surface area contributed by atoms with Gasteiger partial charge in [0.2, 0.25) is 0 Å². The van der Waals surface area contributed by atoms with Gasteiger partial charge in [-0.1, -0.05) is 90.5 Å². The van der Waals surface area contributed by atoms with Gasteiger partial charge in [0.05, 0.1) is 10.2 Å². The molecule has 1 unspecified atom stereocenters. The lowest BCUT2D eigenvalue weighted by molar-refractivity contribution is 0.921. The molecule has 3 radical (unpaired) electrons. The first-order chi connectivity index (χ1) is 11.7. The summed E-state index contributed by atoms with van der Waals surface area (Å²) in [5.74, 6) is 0.458. The zero-order chi connectivity index (χ0) is 16.7. The quantitative estimate of drug-likeness (QED) is 0.505. The topological polar surface area (TPSA) is 0 Å². The number of hydrogen-bond donors (Lipinski definition) is 0. The molecule has 0 nitrogen and oxygen atoms in total. The van der Waals surface area contributed by atoms with Crippen LogP contribution in [0.1, 0.15) is 30.9 Å². The van der Waals surface area contributed by atoms with Crippen LogP contribution in [0.2, 0.25) is 0 Å². The van der Waals surface area contributed by atoms with E-state index in [1.54, 1.807) is 0 Å². The van der Waals surface area contributed by atoms with Gasteiger partial charge in [0.1, 0.15) is 0 Å². The Morgan fingerprint density at radius 1 is 0.708 bits per heavy atom. The van der Waals surface area contributed by atoms with Crippen LogP contribution in [0.5, 0.6) is 0 Å². The van der Waals surface area contributed by atoms with Crippen molar-refractivity contribution in [2.45, 2.75) is 19.8 Å². The number of benzene rings is 3. The van der Waals surface area contributed by atoms with E-state index in [-0.39, 0.29) is 0 Å². The SMILES string of the molecule is CC1=C([Si])c2c(ccc(-c3ccccc3)c2-c2ccccc2)C1C. The van der Waals surface area contributed by atoms with E-state index in [1.165, 1.54) is 44.2 Å². The highest BCUT2D eigenvalue weighted by molar-refractivity contribution is 6.44. The lowest BCUT2D eigenvalue weighted by Crippen LogP contribution is -1.96. The van der Waals surface area contributed by atoms with Gasteiger partial charge in [0.15, 0.2) is 0 Å². The Bertz CT molecular complexity index is 921. The van der Waals surface area contributed by atoms with Crippen LogP contribution in [-0.4, -0.2) is 10.2 Å². The normalized spacial score (nSPS) is 16.4. The van der Waals surface area contributed by atoms with Gasteiger partial charge in [-0.15, -0.1) is 0 Å². The van der Waals surface area contributed by atoms with Gasteiger partial charge in [-0.05, 0) is 40.3 Å². The lowest BCUT2D eigenvalue weighted by atomic mass is 9.87. The third kappa shape index (κ3) is 2.28. The van der Waals surface area contributed by atoms with E-state index in [2.05, 4.69) is 96.9 Å². The summed E-state index contributed by atoms with van der Waals surface area (Å²) >= 11 is 0. The highest BCUT2D eigenvalue weighted by Crippen LogP contribution is 2.47. The minimum absolute atomic E-state index is 0.458. The maximum Gasteiger partial charge on any atom is 0.0720 e. The highest BCUT2D eigenvalue weighted by atomic mass is 28.1. The first-order valence-corrected chi connectivity index (χ1v) is 8.89. The number of hydrogen-bond acceptors (Lipinski definition) is 0. The molecule has 0 fully saturated rings. The van der Waals surface area contributed by atoms with E-state index in [0.717, 1.165) is 0 Å². The van der Waals surface area contributed by atoms with Crippen LogP contribution < -0.4 is 0 Å². The molecule has 0 saturated carbocycles. The van der Waals surface area contributed by atoms with Gasteiger partial charge in [-0.3, -0.25) is 0 Å². The largest absolute Gasteiger partial charge is 0.0720 e. The molecule has 1 heteroatoms. The molecular weight excluding hydrogens is 304 g/mol. The van der Waals surface area contributed by atoms with Crippen LogP contribution in [0.3, 0.4) is 0 Å². The molecule has 0 amide bonds. The highest BCUT2D eigenvalue weighted by Gasteiger charge is 2.27. The predicted molar refractivity (Wildman–Crippen MR) is 104 cm³/mol. The Morgan fingerprint density at radius 3 is 1.92 bits per heavy atom. The molecule has 1 aliphatic carbocycles. The van der Waals surface area contributed by atoms with Crippen LogP contribution >= 0.6 is 0 Å². The van der Waals surface area contributed by atoms with E-state index in [1.807, 2.05) is 0 Å². The number of allylic oxidation sites excluding steroid dienone is 1. The molecule has 115 valence electrons. The summed E-state index contributed by atoms with van der Waals surface area (Å²) in [6.45, 7) is 4.52. The van der Waals surface area contributed by atoms with Gasteiger partial charge in [0, 0.05) is 5.92 Å². The van der Waals surface area contributed by atoms with Crippen molar-refractivity contribution in [2.24, 2.45) is 0 Å². The van der Waals surface area contributed by atoms with Crippen LogP contribution in [0.25, 0.3) is 27.5 Å². The average Bonchev–Trinajstić information content (AvgIpc) is 2.87. The Kier molecular flexibility index (Phi) is 3.74. The van der Waals surface area contributed by atoms with Gasteiger partial charge >= 0.3 is 0 Å². The van der Waals surface area contributed by atoms with Crippen LogP contribution in [0.4, 0.5) is 0 Å². The van der Waals surface area contributed by atoms with E-state index < -0.39 is 0 Å². The smallest absolute Gasteiger partial charge is 0.0670 e. The average molecular weight is 323 g/mol. The molecule has 4 rings (SSSR count). The maximum absolute atomic E-state index is 3.94. The van der Waals surface area contributed by atoms with E-state index >= 15 is 0 Å². The first-order valence-electron chi connectivity index (χ1n) is 8.39. The zero-order valence-corrected chi connectivity index (χ0v) is 15.0. The Morgan fingerprint density at radius 2 is 1.29 bits per heavy atom. The maximum atomic E-state index is 3.94. The second-order valence-electron chi connectivity index (χ2n) is 6.46. The molecule has 0 bridgehead atoms. The van der Waals surface area contributed by atoms with Crippen molar-refractivity contribution in [3.63, 3.8) is 0 Å². The van der Waals surface area contributed by atoms with Crippen LogP contribution in [-0.2, 0) is 0 Å². The standard InChI is InChI=1S/C23H19Si/c1-15-16(2)23(24)22-19(15)13-14-20(17-9-5-3-6-10-17)21(22)18-11-7-4-8-12-18/h3-15H,1-2H3. The number of fused-ring (bicyclic) bond motifs is 1. The summed E-state index contributed by atoms with van der Waals surface area (Å²) in [6, 6.07) is 26.0. The summed E-state index contributed by atoms with van der Waals surface area (Å²) in [7, 11) is 3.94. The molecule has 0 spiro atoms. The molecule has 1 aliphatic rings. The molecule has 0 aliphatic heterocycles. The summed E-state index contributed by atoms with van der Waals surface area (Å²) in [5, 5.41) is 1.24. The third-order valence-electron chi connectivity index (χ3n) is 5.15. The molecule has 0 saturated heterocycles. The Labute approximate surface area is 147 Å². The van der Waals surface area contributed by atoms with Crippen molar-refractivity contribution in [3.8, 4) is 22.3 Å². The molecule has 24 heavy (non-hydrogen) atoms. The van der Waals surface area contributed by atoms with Crippen molar-refractivity contribution in [1.82, 2.24) is 0 Å². The molecule has 1 atom stereocenters. The van der Waals surface area contributed by atoms with Gasteiger partial charge < -0.3 is 0 Å². The lowest BCUT2D eigenvalue weighted by Gasteiger charge is -2.18. The van der Waals surface area contributed by atoms with Gasteiger partial charge in [-0.25, -0.2) is 0 Å². The number of rotatable bonds is 2. The van der Waals surface area contributed by atoms with Crippen molar-refractivity contribution in [2.75, 3.05) is 0 Å². The molecule has 0 heterocycles. The molecule has 3 aromatic carbocycles. The Balaban J connectivity index is 2.08. The van der Waals surface area contributed by atoms with Crippen molar-refractivity contribution in [1.29, 1.82) is 0 Å². The minimum atomic E-state index is 0.458. The Hall–Kier alpha value is -2.38. The summed E-state index contributed by atoms with van der Waals surface area (Å²) in [4.78, 5) is 0. The van der Waals surface area contributed by atoms with Crippen molar-refractivity contribution >= 4 is 15.4 Å². The van der Waals surface area contributed by atoms with Gasteiger partial charge in [-0.2, -0.15) is 0 Å². The summed E-state index contributed by atoms with van der Waals surface area (Å²) in [6.07, 6.45) is 0. The third-order valence-corrected chi connectivity index (χ3v) is 5.79. The minimum Gasteiger partial charge on any atom is -0.0670 e. The fourth-order valence-electron chi connectivity index (χ4n) is 3.66. The molecule has 0 aromatic heterocycles. The molecule has 0 N–H and O–H groups in total. The van der Waals surface area contributed by atoms with Crippen LogP contribution in [0.15, 0.2) is 78.4 Å². The fourth-order valence-corrected chi connectivity index (χ4v) is 4.14. The van der Waals surface area contributed by atoms with Crippen LogP contribution in [0, 0.1) is 0 Å². The van der Waals surface area contributed by atoms with Gasteiger partial charge in [0.25, 0.3) is 0 Å². The fraction of sp³-hybridized carbons (Fsp3) is 0.130. The van der Waals surface area contributed by atoms with E-state index in [0.29, 0.717) is 5.92 Å². The summed E-state index contributed by atoms with van der Waals surface area (Å²) < 4.78 is 0. The molecule has 3 aromatic rings. The first kappa shape index (κ1) is 15.2. The van der Waals surface area contributed by atoms with E-state index in [4.69, 9.17) is 0 Å². The van der Waals surface area contributed by atoms with Crippen molar-refractivity contribution < 1.29 is 0 Å². The summed E-state index contributed by atoms with van der Waals surface area (Å²) in [5.41, 5.74) is 9.32. The van der Waals surface area contributed by atoms with Crippen molar-refractivity contribution in [3.05, 3.63) is 89.5 Å². The second kappa shape index (κ2) is 5.92. The monoisotopic (exact) mass is 323 g/mol. The molecular formula is C23H19Si.